The van der Waals surface area contributed by atoms with E-state index in [1.165, 1.54) is 83.8 Å². The summed E-state index contributed by atoms with van der Waals surface area (Å²) in [6.07, 6.45) is 19.3. The van der Waals surface area contributed by atoms with Crippen LogP contribution < -0.4 is 0 Å². The molecule has 0 aliphatic rings. The fourth-order valence-electron chi connectivity index (χ4n) is 2.93. The van der Waals surface area contributed by atoms with Crippen LogP contribution in [0.3, 0.4) is 0 Å². The minimum Gasteiger partial charge on any atom is -0.498 e. The van der Waals surface area contributed by atoms with Gasteiger partial charge in [-0.2, -0.15) is 0 Å². The fraction of sp³-hybridized carbons (Fsp3) is 0.857. The Kier molecular flexibility index (Phi) is 18.5. The Hall–Kier alpha value is -0.880. The lowest BCUT2D eigenvalue weighted by molar-refractivity contribution is -0.150. The van der Waals surface area contributed by atoms with Crippen molar-refractivity contribution in [2.75, 3.05) is 13.2 Å². The first-order valence-corrected chi connectivity index (χ1v) is 12.5. The van der Waals surface area contributed by atoms with Gasteiger partial charge >= 0.3 is 13.8 Å². The molecule has 0 heterocycles. The number of carbonyl (C=O) groups excluding carboxylic acids is 1. The van der Waals surface area contributed by atoms with Crippen molar-refractivity contribution in [2.24, 2.45) is 0 Å². The maximum absolute atomic E-state index is 11.0. The highest BCUT2D eigenvalue weighted by Crippen LogP contribution is 2.35. The second-order valence-corrected chi connectivity index (χ2v) is 8.64. The second-order valence-electron chi connectivity index (χ2n) is 7.40. The van der Waals surface area contributed by atoms with E-state index in [1.807, 2.05) is 6.08 Å². The Bertz CT molecular complexity index is 462. The number of esters is 1. The average molecular weight is 437 g/mol. The lowest BCUT2D eigenvalue weighted by atomic mass is 10.0. The summed E-state index contributed by atoms with van der Waals surface area (Å²) in [5.74, 6) is -0.562. The quantitative estimate of drug-likeness (QED) is 0.110. The Morgan fingerprint density at radius 2 is 1.41 bits per heavy atom. The van der Waals surface area contributed by atoms with Gasteiger partial charge in [-0.1, -0.05) is 77.6 Å². The molecule has 29 heavy (non-hydrogen) atoms. The van der Waals surface area contributed by atoms with Crippen LogP contribution in [0.25, 0.3) is 0 Å². The normalized spacial score (nSPS) is 13.0. The predicted molar refractivity (Wildman–Crippen MR) is 114 cm³/mol. The smallest absolute Gasteiger partial charge is 0.469 e. The molecule has 0 radical (unpaired) electrons. The molecule has 0 aliphatic heterocycles. The molecular weight excluding hydrogens is 395 g/mol. The maximum atomic E-state index is 11.0. The van der Waals surface area contributed by atoms with Crippen molar-refractivity contribution < 1.29 is 33.1 Å². The van der Waals surface area contributed by atoms with E-state index in [1.54, 1.807) is 0 Å². The van der Waals surface area contributed by atoms with Crippen molar-refractivity contribution >= 4 is 13.8 Å². The Balaban J connectivity index is 3.57. The largest absolute Gasteiger partial charge is 0.498 e. The summed E-state index contributed by atoms with van der Waals surface area (Å²) in [7, 11) is -4.60. The molecule has 7 nitrogen and oxygen atoms in total. The molecule has 2 N–H and O–H groups in total. The summed E-state index contributed by atoms with van der Waals surface area (Å²) >= 11 is 0. The minimum atomic E-state index is -4.60. The number of allylic oxidation sites excluding steroid dienone is 1. The summed E-state index contributed by atoms with van der Waals surface area (Å²) in [4.78, 5) is 28.4. The van der Waals surface area contributed by atoms with Gasteiger partial charge in [-0.3, -0.25) is 9.32 Å². The zero-order valence-corrected chi connectivity index (χ0v) is 19.1. The van der Waals surface area contributed by atoms with Crippen molar-refractivity contribution in [2.45, 2.75) is 103 Å². The number of rotatable bonds is 20. The molecule has 0 saturated carbocycles. The standard InChI is InChI=1S/C21H41O7P/c1-3-4-5-6-7-8-9-10-11-12-13-14-15-16-17-26-18-21(28-20(2)22)19-27-29(23,24)25/h16-17,21H,3-15,18-19H2,1-2H3,(H2,23,24,25)/b17-16+/t21-/m0/s1. The number of phosphoric ester groups is 1. The molecule has 0 spiro atoms. The van der Waals surface area contributed by atoms with Crippen LogP contribution >= 0.6 is 7.82 Å². The monoisotopic (exact) mass is 436 g/mol. The van der Waals surface area contributed by atoms with E-state index >= 15 is 0 Å². The zero-order chi connectivity index (χ0) is 21.8. The molecule has 0 fully saturated rings. The molecule has 0 bridgehead atoms. The first kappa shape index (κ1) is 28.1. The molecule has 0 rings (SSSR count). The van der Waals surface area contributed by atoms with Crippen LogP contribution in [0.5, 0.6) is 0 Å². The fourth-order valence-corrected chi connectivity index (χ4v) is 3.29. The van der Waals surface area contributed by atoms with Crippen LogP contribution in [0.15, 0.2) is 12.3 Å². The first-order valence-electron chi connectivity index (χ1n) is 11.0. The number of carbonyl (C=O) groups is 1. The van der Waals surface area contributed by atoms with Gasteiger partial charge in [-0.15, -0.1) is 0 Å². The number of phosphoric acid groups is 1. The number of hydrogen-bond acceptors (Lipinski definition) is 5. The lowest BCUT2D eigenvalue weighted by Crippen LogP contribution is -2.26. The minimum absolute atomic E-state index is 0.0193. The van der Waals surface area contributed by atoms with Gasteiger partial charge < -0.3 is 19.3 Å². The number of unbranched alkanes of at least 4 members (excludes halogenated alkanes) is 12. The zero-order valence-electron chi connectivity index (χ0n) is 18.2. The van der Waals surface area contributed by atoms with Gasteiger partial charge in [-0.05, 0) is 18.9 Å². The maximum Gasteiger partial charge on any atom is 0.469 e. The summed E-state index contributed by atoms with van der Waals surface area (Å²) in [6, 6.07) is 0. The number of ether oxygens (including phenoxy) is 2. The Morgan fingerprint density at radius 3 is 1.90 bits per heavy atom. The van der Waals surface area contributed by atoms with Gasteiger partial charge in [0.1, 0.15) is 6.61 Å². The van der Waals surface area contributed by atoms with Crippen molar-refractivity contribution in [3.05, 3.63) is 12.3 Å². The average Bonchev–Trinajstić information content (AvgIpc) is 2.64. The van der Waals surface area contributed by atoms with Crippen LogP contribution in [0.4, 0.5) is 0 Å². The predicted octanol–water partition coefficient (Wildman–Crippen LogP) is 5.65. The van der Waals surface area contributed by atoms with Gasteiger partial charge in [0.2, 0.25) is 0 Å². The van der Waals surface area contributed by atoms with Gasteiger partial charge in [0.05, 0.1) is 12.9 Å². The van der Waals surface area contributed by atoms with Crippen molar-refractivity contribution in [3.8, 4) is 0 Å². The highest BCUT2D eigenvalue weighted by Gasteiger charge is 2.20. The molecule has 1 atom stereocenters. The van der Waals surface area contributed by atoms with Crippen molar-refractivity contribution in [3.63, 3.8) is 0 Å². The SMILES string of the molecule is CCCCCCCCCCCCCC/C=C/OC[C@@H](COP(=O)(O)O)OC(C)=O. The summed E-state index contributed by atoms with van der Waals surface area (Å²) in [6.45, 7) is 3.03. The highest BCUT2D eigenvalue weighted by atomic mass is 31.2. The first-order chi connectivity index (χ1) is 13.8. The molecule has 0 aromatic heterocycles. The van der Waals surface area contributed by atoms with Crippen LogP contribution in [-0.2, 0) is 23.4 Å². The molecule has 0 unspecified atom stereocenters. The van der Waals surface area contributed by atoms with E-state index in [0.717, 1.165) is 12.8 Å². The molecule has 0 amide bonds. The van der Waals surface area contributed by atoms with Crippen LogP contribution in [0.2, 0.25) is 0 Å². The van der Waals surface area contributed by atoms with E-state index in [0.29, 0.717) is 0 Å². The van der Waals surface area contributed by atoms with E-state index < -0.39 is 26.5 Å². The van der Waals surface area contributed by atoms with Crippen molar-refractivity contribution in [1.82, 2.24) is 0 Å². The molecule has 0 aliphatic carbocycles. The van der Waals surface area contributed by atoms with Gasteiger partial charge in [0.25, 0.3) is 0 Å². The topological polar surface area (TPSA) is 102 Å². The van der Waals surface area contributed by atoms with Gasteiger partial charge in [0.15, 0.2) is 6.10 Å². The molecular formula is C21H41O7P. The van der Waals surface area contributed by atoms with Crippen LogP contribution in [-0.4, -0.2) is 35.1 Å². The summed E-state index contributed by atoms with van der Waals surface area (Å²) in [5.41, 5.74) is 0. The van der Waals surface area contributed by atoms with E-state index in [-0.39, 0.29) is 6.61 Å². The third-order valence-corrected chi connectivity index (χ3v) is 4.95. The molecule has 0 saturated heterocycles. The second kappa shape index (κ2) is 19.1. The van der Waals surface area contributed by atoms with E-state index in [2.05, 4.69) is 11.4 Å². The number of hydrogen-bond donors (Lipinski definition) is 2. The molecule has 0 aromatic carbocycles. The molecule has 8 heteroatoms. The van der Waals surface area contributed by atoms with E-state index in [9.17, 15) is 9.36 Å². The van der Waals surface area contributed by atoms with E-state index in [4.69, 9.17) is 19.3 Å². The van der Waals surface area contributed by atoms with Gasteiger partial charge in [0, 0.05) is 6.92 Å². The van der Waals surface area contributed by atoms with Gasteiger partial charge in [-0.25, -0.2) is 4.57 Å². The molecule has 0 aromatic rings. The third kappa shape index (κ3) is 23.3. The highest BCUT2D eigenvalue weighted by molar-refractivity contribution is 7.46. The third-order valence-electron chi connectivity index (χ3n) is 4.46. The summed E-state index contributed by atoms with van der Waals surface area (Å²) in [5, 5.41) is 0. The Morgan fingerprint density at radius 1 is 0.897 bits per heavy atom. The van der Waals surface area contributed by atoms with Crippen molar-refractivity contribution in [1.29, 1.82) is 0 Å². The van der Waals surface area contributed by atoms with Crippen LogP contribution in [0.1, 0.15) is 97.3 Å². The lowest BCUT2D eigenvalue weighted by Gasteiger charge is -2.16. The molecule has 172 valence electrons. The Labute approximate surface area is 176 Å². The summed E-state index contributed by atoms with van der Waals surface area (Å²) < 4.78 is 25.3. The van der Waals surface area contributed by atoms with Crippen LogP contribution in [0, 0.1) is 0 Å².